The number of amides is 1. The fourth-order valence-corrected chi connectivity index (χ4v) is 2.64. The number of H-pyrrole nitrogens is 1. The lowest BCUT2D eigenvalue weighted by molar-refractivity contribution is -0.133. The molecule has 3 rings (SSSR count). The largest absolute Gasteiger partial charge is 0.347 e. The molecule has 0 radical (unpaired) electrons. The maximum atomic E-state index is 12.4. The molecule has 110 valence electrons. The highest BCUT2D eigenvalue weighted by Gasteiger charge is 2.29. The van der Waals surface area contributed by atoms with E-state index >= 15 is 0 Å². The Kier molecular flexibility index (Phi) is 3.96. The summed E-state index contributed by atoms with van der Waals surface area (Å²) in [5, 5.41) is 0. The van der Waals surface area contributed by atoms with Gasteiger partial charge < -0.3 is 9.88 Å². The van der Waals surface area contributed by atoms with Gasteiger partial charge in [0.15, 0.2) is 0 Å². The first-order valence-electron chi connectivity index (χ1n) is 7.10. The van der Waals surface area contributed by atoms with E-state index in [1.54, 1.807) is 18.6 Å². The summed E-state index contributed by atoms with van der Waals surface area (Å²) < 4.78 is 0. The lowest BCUT2D eigenvalue weighted by Crippen LogP contribution is -2.49. The van der Waals surface area contributed by atoms with Crippen LogP contribution >= 0.6 is 0 Å². The van der Waals surface area contributed by atoms with Gasteiger partial charge in [-0.3, -0.25) is 14.7 Å². The van der Waals surface area contributed by atoms with Crippen molar-refractivity contribution in [3.05, 3.63) is 48.3 Å². The first-order valence-corrected chi connectivity index (χ1v) is 7.10. The standard InChI is InChI=1S/C15H19N5O/c1-19-7-8-20(11-13(19)15-17-5-6-18-15)14(21)9-12-3-2-4-16-10-12/h2-6,10,13H,7-9,11H2,1H3,(H,17,18)/t13-/m0/s1. The zero-order valence-electron chi connectivity index (χ0n) is 12.1. The Balaban J connectivity index is 1.67. The van der Waals surface area contributed by atoms with Gasteiger partial charge in [0, 0.05) is 44.4 Å². The summed E-state index contributed by atoms with van der Waals surface area (Å²) in [7, 11) is 2.07. The zero-order chi connectivity index (χ0) is 14.7. The molecule has 0 unspecified atom stereocenters. The number of pyridine rings is 1. The van der Waals surface area contributed by atoms with E-state index in [1.165, 1.54) is 0 Å². The van der Waals surface area contributed by atoms with Crippen molar-refractivity contribution < 1.29 is 4.79 Å². The van der Waals surface area contributed by atoms with E-state index in [4.69, 9.17) is 0 Å². The Labute approximate surface area is 123 Å². The van der Waals surface area contributed by atoms with Crippen LogP contribution in [0.3, 0.4) is 0 Å². The van der Waals surface area contributed by atoms with Crippen LogP contribution in [0.1, 0.15) is 17.4 Å². The number of hydrogen-bond donors (Lipinski definition) is 1. The third-order valence-electron chi connectivity index (χ3n) is 3.91. The van der Waals surface area contributed by atoms with Crippen LogP contribution in [0.5, 0.6) is 0 Å². The second-order valence-electron chi connectivity index (χ2n) is 5.35. The van der Waals surface area contributed by atoms with Crippen molar-refractivity contribution in [3.63, 3.8) is 0 Å². The van der Waals surface area contributed by atoms with E-state index in [0.29, 0.717) is 13.0 Å². The van der Waals surface area contributed by atoms with E-state index in [2.05, 4.69) is 26.9 Å². The van der Waals surface area contributed by atoms with Crippen molar-refractivity contribution in [1.29, 1.82) is 0 Å². The second-order valence-corrected chi connectivity index (χ2v) is 5.35. The predicted octanol–water partition coefficient (Wildman–Crippen LogP) is 0.862. The SMILES string of the molecule is CN1CCN(C(=O)Cc2cccnc2)C[C@H]1c1ncc[nH]1. The number of aromatic nitrogens is 3. The zero-order valence-corrected chi connectivity index (χ0v) is 12.1. The molecule has 1 N–H and O–H groups in total. The van der Waals surface area contributed by atoms with Gasteiger partial charge in [-0.05, 0) is 18.7 Å². The summed E-state index contributed by atoms with van der Waals surface area (Å²) in [5.74, 6) is 1.06. The third kappa shape index (κ3) is 3.11. The summed E-state index contributed by atoms with van der Waals surface area (Å²) >= 11 is 0. The molecule has 1 amide bonds. The van der Waals surface area contributed by atoms with E-state index in [1.807, 2.05) is 23.2 Å². The average Bonchev–Trinajstić information content (AvgIpc) is 3.03. The molecule has 3 heterocycles. The molecule has 1 saturated heterocycles. The van der Waals surface area contributed by atoms with Crippen molar-refractivity contribution in [2.24, 2.45) is 0 Å². The highest BCUT2D eigenvalue weighted by atomic mass is 16.2. The first-order chi connectivity index (χ1) is 10.2. The Morgan fingerprint density at radius 1 is 1.43 bits per heavy atom. The average molecular weight is 285 g/mol. The number of rotatable bonds is 3. The molecule has 2 aromatic rings. The summed E-state index contributed by atoms with van der Waals surface area (Å²) in [5.41, 5.74) is 0.955. The number of carbonyl (C=O) groups is 1. The van der Waals surface area contributed by atoms with Crippen LogP contribution in [0.25, 0.3) is 0 Å². The van der Waals surface area contributed by atoms with Crippen LogP contribution in [0.2, 0.25) is 0 Å². The molecular formula is C15H19N5O. The number of likely N-dealkylation sites (N-methyl/N-ethyl adjacent to an activating group) is 1. The van der Waals surface area contributed by atoms with Gasteiger partial charge in [-0.2, -0.15) is 0 Å². The number of aromatic amines is 1. The molecule has 1 atom stereocenters. The van der Waals surface area contributed by atoms with Crippen molar-refractivity contribution in [2.75, 3.05) is 26.7 Å². The number of piperazine rings is 1. The maximum absolute atomic E-state index is 12.4. The van der Waals surface area contributed by atoms with Gasteiger partial charge in [0.05, 0.1) is 12.5 Å². The molecule has 21 heavy (non-hydrogen) atoms. The summed E-state index contributed by atoms with van der Waals surface area (Å²) in [4.78, 5) is 28.1. The smallest absolute Gasteiger partial charge is 0.227 e. The molecule has 0 saturated carbocycles. The van der Waals surface area contributed by atoms with Crippen LogP contribution in [-0.4, -0.2) is 57.3 Å². The van der Waals surface area contributed by atoms with Crippen molar-refractivity contribution in [2.45, 2.75) is 12.5 Å². The minimum atomic E-state index is 0.131. The second kappa shape index (κ2) is 6.05. The predicted molar refractivity (Wildman–Crippen MR) is 78.5 cm³/mol. The number of nitrogens with one attached hydrogen (secondary N) is 1. The highest BCUT2D eigenvalue weighted by Crippen LogP contribution is 2.21. The third-order valence-corrected chi connectivity index (χ3v) is 3.91. The molecule has 0 spiro atoms. The monoisotopic (exact) mass is 285 g/mol. The van der Waals surface area contributed by atoms with E-state index in [9.17, 15) is 4.79 Å². The van der Waals surface area contributed by atoms with Gasteiger partial charge in [-0.1, -0.05) is 6.07 Å². The normalized spacial score (nSPS) is 19.7. The minimum absolute atomic E-state index is 0.131. The van der Waals surface area contributed by atoms with Gasteiger partial charge in [0.2, 0.25) is 5.91 Å². The fourth-order valence-electron chi connectivity index (χ4n) is 2.64. The lowest BCUT2D eigenvalue weighted by atomic mass is 10.1. The topological polar surface area (TPSA) is 65.1 Å². The lowest BCUT2D eigenvalue weighted by Gasteiger charge is -2.38. The first kappa shape index (κ1) is 13.8. The van der Waals surface area contributed by atoms with Gasteiger partial charge in [-0.25, -0.2) is 4.98 Å². The van der Waals surface area contributed by atoms with E-state index in [-0.39, 0.29) is 11.9 Å². The molecule has 1 fully saturated rings. The van der Waals surface area contributed by atoms with Crippen LogP contribution < -0.4 is 0 Å². The van der Waals surface area contributed by atoms with Gasteiger partial charge >= 0.3 is 0 Å². The fraction of sp³-hybridized carbons (Fsp3) is 0.400. The number of nitrogens with zero attached hydrogens (tertiary/aromatic N) is 4. The maximum Gasteiger partial charge on any atom is 0.227 e. The molecule has 0 aliphatic carbocycles. The number of carbonyl (C=O) groups excluding carboxylic acids is 1. The molecule has 6 nitrogen and oxygen atoms in total. The van der Waals surface area contributed by atoms with Crippen LogP contribution in [0.15, 0.2) is 36.9 Å². The Morgan fingerprint density at radius 3 is 3.05 bits per heavy atom. The van der Waals surface area contributed by atoms with Crippen LogP contribution in [0, 0.1) is 0 Å². The molecule has 0 bridgehead atoms. The Bertz CT molecular complexity index is 583. The summed E-state index contributed by atoms with van der Waals surface area (Å²) in [6, 6.07) is 3.93. The molecule has 1 aliphatic heterocycles. The number of hydrogen-bond acceptors (Lipinski definition) is 4. The molecule has 1 aliphatic rings. The minimum Gasteiger partial charge on any atom is -0.347 e. The molecule has 0 aromatic carbocycles. The molecule has 6 heteroatoms. The van der Waals surface area contributed by atoms with E-state index in [0.717, 1.165) is 24.5 Å². The Hall–Kier alpha value is -2.21. The Morgan fingerprint density at radius 2 is 2.33 bits per heavy atom. The van der Waals surface area contributed by atoms with Crippen molar-refractivity contribution in [3.8, 4) is 0 Å². The van der Waals surface area contributed by atoms with Crippen molar-refractivity contribution >= 4 is 5.91 Å². The highest BCUT2D eigenvalue weighted by molar-refractivity contribution is 5.78. The van der Waals surface area contributed by atoms with Crippen LogP contribution in [0.4, 0.5) is 0 Å². The molecule has 2 aromatic heterocycles. The summed E-state index contributed by atoms with van der Waals surface area (Å²) in [6.45, 7) is 2.28. The van der Waals surface area contributed by atoms with Gasteiger partial charge in [0.25, 0.3) is 0 Å². The van der Waals surface area contributed by atoms with Gasteiger partial charge in [-0.15, -0.1) is 0 Å². The van der Waals surface area contributed by atoms with Crippen molar-refractivity contribution in [1.82, 2.24) is 24.8 Å². The van der Waals surface area contributed by atoms with Crippen LogP contribution in [-0.2, 0) is 11.2 Å². The summed E-state index contributed by atoms with van der Waals surface area (Å²) in [6.07, 6.45) is 7.44. The van der Waals surface area contributed by atoms with E-state index < -0.39 is 0 Å². The quantitative estimate of drug-likeness (QED) is 0.908. The number of imidazole rings is 1. The molecular weight excluding hydrogens is 266 g/mol. The van der Waals surface area contributed by atoms with Gasteiger partial charge in [0.1, 0.15) is 5.82 Å².